The van der Waals surface area contributed by atoms with E-state index in [2.05, 4.69) is 19.2 Å². The van der Waals surface area contributed by atoms with Crippen molar-refractivity contribution in [2.75, 3.05) is 19.7 Å². The monoisotopic (exact) mass is 298 g/mol. The molecule has 0 aromatic rings. The van der Waals surface area contributed by atoms with Gasteiger partial charge in [-0.3, -0.25) is 0 Å². The van der Waals surface area contributed by atoms with Gasteiger partial charge in [-0.25, -0.2) is 4.79 Å². The number of carbonyl (C=O) groups excluding carboxylic acids is 1. The van der Waals surface area contributed by atoms with Gasteiger partial charge >= 0.3 is 6.03 Å². The molecule has 21 heavy (non-hydrogen) atoms. The smallest absolute Gasteiger partial charge is 0.317 e. The number of carbonyl (C=O) groups is 1. The SMILES string of the molecule is CC[C@@H]1CN(C(=O)N[C@H](C)CC[C@H]2CCCO2)C[C@@H](C)O1. The van der Waals surface area contributed by atoms with Gasteiger partial charge in [0.15, 0.2) is 0 Å². The second kappa shape index (κ2) is 7.99. The van der Waals surface area contributed by atoms with Crippen LogP contribution in [0.5, 0.6) is 0 Å². The number of rotatable bonds is 5. The number of ether oxygens (including phenoxy) is 2. The lowest BCUT2D eigenvalue weighted by Gasteiger charge is -2.37. The summed E-state index contributed by atoms with van der Waals surface area (Å²) in [4.78, 5) is 14.2. The van der Waals surface area contributed by atoms with E-state index in [-0.39, 0.29) is 24.3 Å². The van der Waals surface area contributed by atoms with E-state index in [1.54, 1.807) is 0 Å². The van der Waals surface area contributed by atoms with Crippen molar-refractivity contribution < 1.29 is 14.3 Å². The molecule has 0 unspecified atom stereocenters. The normalized spacial score (nSPS) is 31.2. The van der Waals surface area contributed by atoms with Gasteiger partial charge in [-0.1, -0.05) is 6.92 Å². The maximum absolute atomic E-state index is 12.3. The molecule has 0 saturated carbocycles. The van der Waals surface area contributed by atoms with Crippen LogP contribution in [0.3, 0.4) is 0 Å². The lowest BCUT2D eigenvalue weighted by Crippen LogP contribution is -2.53. The van der Waals surface area contributed by atoms with E-state index in [0.29, 0.717) is 19.2 Å². The zero-order chi connectivity index (χ0) is 15.2. The summed E-state index contributed by atoms with van der Waals surface area (Å²) in [5.41, 5.74) is 0. The average Bonchev–Trinajstić information content (AvgIpc) is 2.97. The highest BCUT2D eigenvalue weighted by Crippen LogP contribution is 2.18. The quantitative estimate of drug-likeness (QED) is 0.848. The van der Waals surface area contributed by atoms with Gasteiger partial charge in [-0.05, 0) is 46.0 Å². The molecule has 0 aromatic heterocycles. The highest BCUT2D eigenvalue weighted by atomic mass is 16.5. The predicted octanol–water partition coefficient (Wildman–Crippen LogP) is 2.54. The molecule has 2 aliphatic rings. The molecular weight excluding hydrogens is 268 g/mol. The van der Waals surface area contributed by atoms with Crippen molar-refractivity contribution in [3.63, 3.8) is 0 Å². The third kappa shape index (κ3) is 5.15. The Balaban J connectivity index is 1.71. The second-order valence-corrected chi connectivity index (χ2v) is 6.44. The van der Waals surface area contributed by atoms with E-state index in [0.717, 1.165) is 25.9 Å². The summed E-state index contributed by atoms with van der Waals surface area (Å²) in [6, 6.07) is 0.239. The average molecular weight is 298 g/mol. The van der Waals surface area contributed by atoms with E-state index in [4.69, 9.17) is 9.47 Å². The van der Waals surface area contributed by atoms with Gasteiger partial charge in [-0.15, -0.1) is 0 Å². The van der Waals surface area contributed by atoms with Crippen molar-refractivity contribution >= 4 is 6.03 Å². The Bertz CT molecular complexity index is 331. The van der Waals surface area contributed by atoms with Gasteiger partial charge in [0.25, 0.3) is 0 Å². The summed E-state index contributed by atoms with van der Waals surface area (Å²) in [5.74, 6) is 0. The number of nitrogens with zero attached hydrogens (tertiary/aromatic N) is 1. The summed E-state index contributed by atoms with van der Waals surface area (Å²) in [6.07, 6.45) is 6.00. The van der Waals surface area contributed by atoms with Gasteiger partial charge in [0.2, 0.25) is 0 Å². The van der Waals surface area contributed by atoms with Crippen molar-refractivity contribution in [3.8, 4) is 0 Å². The molecule has 0 aliphatic carbocycles. The van der Waals surface area contributed by atoms with Gasteiger partial charge in [0, 0.05) is 25.7 Å². The summed E-state index contributed by atoms with van der Waals surface area (Å²) < 4.78 is 11.4. The Morgan fingerprint density at radius 1 is 1.38 bits per heavy atom. The van der Waals surface area contributed by atoms with Crippen molar-refractivity contribution in [1.29, 1.82) is 0 Å². The first-order chi connectivity index (χ1) is 10.1. The zero-order valence-corrected chi connectivity index (χ0v) is 13.6. The highest BCUT2D eigenvalue weighted by Gasteiger charge is 2.28. The first-order valence-corrected chi connectivity index (χ1v) is 8.41. The van der Waals surface area contributed by atoms with Crippen LogP contribution < -0.4 is 5.32 Å². The minimum Gasteiger partial charge on any atom is -0.378 e. The molecule has 2 aliphatic heterocycles. The van der Waals surface area contributed by atoms with Gasteiger partial charge in [0.05, 0.1) is 18.3 Å². The molecule has 0 bridgehead atoms. The molecule has 5 heteroatoms. The lowest BCUT2D eigenvalue weighted by atomic mass is 10.1. The third-order valence-electron chi connectivity index (χ3n) is 4.38. The van der Waals surface area contributed by atoms with Crippen LogP contribution in [0.1, 0.15) is 52.9 Å². The molecule has 2 amide bonds. The third-order valence-corrected chi connectivity index (χ3v) is 4.38. The van der Waals surface area contributed by atoms with Crippen LogP contribution in [0.25, 0.3) is 0 Å². The fourth-order valence-electron chi connectivity index (χ4n) is 3.12. The molecular formula is C16H30N2O3. The van der Waals surface area contributed by atoms with E-state index >= 15 is 0 Å². The molecule has 2 fully saturated rings. The Kier molecular flexibility index (Phi) is 6.30. The molecule has 5 nitrogen and oxygen atoms in total. The van der Waals surface area contributed by atoms with E-state index in [9.17, 15) is 4.79 Å². The fourth-order valence-corrected chi connectivity index (χ4v) is 3.12. The Labute approximate surface area is 128 Å². The summed E-state index contributed by atoms with van der Waals surface area (Å²) in [6.45, 7) is 8.49. The molecule has 2 heterocycles. The molecule has 0 spiro atoms. The Morgan fingerprint density at radius 3 is 2.86 bits per heavy atom. The van der Waals surface area contributed by atoms with Crippen molar-refractivity contribution in [3.05, 3.63) is 0 Å². The number of hydrogen-bond acceptors (Lipinski definition) is 3. The minimum absolute atomic E-state index is 0.0449. The molecule has 1 N–H and O–H groups in total. The van der Waals surface area contributed by atoms with Crippen LogP contribution in [0.4, 0.5) is 4.79 Å². The van der Waals surface area contributed by atoms with Crippen LogP contribution in [-0.2, 0) is 9.47 Å². The summed E-state index contributed by atoms with van der Waals surface area (Å²) >= 11 is 0. The topological polar surface area (TPSA) is 50.8 Å². The largest absolute Gasteiger partial charge is 0.378 e. The second-order valence-electron chi connectivity index (χ2n) is 6.44. The molecule has 2 saturated heterocycles. The zero-order valence-electron chi connectivity index (χ0n) is 13.6. The van der Waals surface area contributed by atoms with Crippen LogP contribution in [0.2, 0.25) is 0 Å². The van der Waals surface area contributed by atoms with Crippen LogP contribution in [-0.4, -0.2) is 55.0 Å². The number of amides is 2. The number of hydrogen-bond donors (Lipinski definition) is 1. The number of nitrogens with one attached hydrogen (secondary N) is 1. The fraction of sp³-hybridized carbons (Fsp3) is 0.938. The maximum atomic E-state index is 12.3. The van der Waals surface area contributed by atoms with Crippen molar-refractivity contribution in [2.24, 2.45) is 0 Å². The number of morpholine rings is 1. The Hall–Kier alpha value is -0.810. The lowest BCUT2D eigenvalue weighted by molar-refractivity contribution is -0.0648. The Morgan fingerprint density at radius 2 is 2.19 bits per heavy atom. The van der Waals surface area contributed by atoms with Crippen molar-refractivity contribution in [2.45, 2.75) is 77.2 Å². The van der Waals surface area contributed by atoms with Crippen molar-refractivity contribution in [1.82, 2.24) is 10.2 Å². The molecule has 0 radical (unpaired) electrons. The molecule has 2 rings (SSSR count). The summed E-state index contributed by atoms with van der Waals surface area (Å²) in [5, 5.41) is 3.11. The van der Waals surface area contributed by atoms with Gasteiger partial charge in [-0.2, -0.15) is 0 Å². The van der Waals surface area contributed by atoms with E-state index in [1.165, 1.54) is 12.8 Å². The van der Waals surface area contributed by atoms with E-state index in [1.807, 2.05) is 11.8 Å². The molecule has 0 aromatic carbocycles. The van der Waals surface area contributed by atoms with Crippen LogP contribution in [0.15, 0.2) is 0 Å². The number of urea groups is 1. The van der Waals surface area contributed by atoms with Gasteiger partial charge in [0.1, 0.15) is 0 Å². The summed E-state index contributed by atoms with van der Waals surface area (Å²) in [7, 11) is 0. The van der Waals surface area contributed by atoms with Gasteiger partial charge < -0.3 is 19.7 Å². The highest BCUT2D eigenvalue weighted by molar-refractivity contribution is 5.74. The van der Waals surface area contributed by atoms with E-state index < -0.39 is 0 Å². The maximum Gasteiger partial charge on any atom is 0.317 e. The predicted molar refractivity (Wildman–Crippen MR) is 82.4 cm³/mol. The molecule has 4 atom stereocenters. The standard InChI is InChI=1S/C16H30N2O3/c1-4-14-11-18(10-13(3)21-14)16(19)17-12(2)7-8-15-6-5-9-20-15/h12-15H,4-11H2,1-3H3,(H,17,19)/t12-,13-,14-,15-/m1/s1. The molecule has 122 valence electrons. The van der Waals surface area contributed by atoms with Crippen LogP contribution in [0, 0.1) is 0 Å². The first-order valence-electron chi connectivity index (χ1n) is 8.41. The first kappa shape index (κ1) is 16.6. The van der Waals surface area contributed by atoms with Crippen LogP contribution >= 0.6 is 0 Å². The minimum atomic E-state index is 0.0449.